The summed E-state index contributed by atoms with van der Waals surface area (Å²) in [6.07, 6.45) is 5.78. The molecule has 0 radical (unpaired) electrons. The van der Waals surface area contributed by atoms with Crippen LogP contribution in [0.1, 0.15) is 50.2 Å². The molecule has 2 N–H and O–H groups in total. The van der Waals surface area contributed by atoms with Crippen LogP contribution in [-0.4, -0.2) is 26.8 Å². The highest BCUT2D eigenvalue weighted by atomic mass is 16.2. The van der Waals surface area contributed by atoms with Crippen LogP contribution in [0.2, 0.25) is 0 Å². The van der Waals surface area contributed by atoms with E-state index in [2.05, 4.69) is 38.0 Å². The number of carbonyl (C=O) groups excluding carboxylic acids is 2. The van der Waals surface area contributed by atoms with Crippen LogP contribution in [0.3, 0.4) is 0 Å². The van der Waals surface area contributed by atoms with Gasteiger partial charge in [0.25, 0.3) is 11.7 Å². The Hall–Kier alpha value is -4.06. The van der Waals surface area contributed by atoms with Crippen molar-refractivity contribution >= 4 is 28.6 Å². The standard InChI is InChI=1S/C29H30N4O2/c1-19(2)29(3,4)17-25(30)20-10-12-22(13-11-20)32-28(35)27(34)26-24(21-8-7-14-31-18-21)16-23-9-5-6-15-33(23)26/h5-16,18-19,30H,17H2,1-4H3,(H,32,35). The zero-order valence-corrected chi connectivity index (χ0v) is 20.5. The van der Waals surface area contributed by atoms with E-state index in [-0.39, 0.29) is 5.41 Å². The van der Waals surface area contributed by atoms with Gasteiger partial charge in [-0.15, -0.1) is 0 Å². The third-order valence-corrected chi connectivity index (χ3v) is 6.76. The molecule has 3 aromatic heterocycles. The highest BCUT2D eigenvalue weighted by molar-refractivity contribution is 6.47. The molecule has 0 atom stereocenters. The molecule has 0 aliphatic carbocycles. The second-order valence-corrected chi connectivity index (χ2v) is 9.80. The maximum absolute atomic E-state index is 13.3. The third kappa shape index (κ3) is 5.06. The van der Waals surface area contributed by atoms with Gasteiger partial charge in [-0.05, 0) is 59.7 Å². The van der Waals surface area contributed by atoms with Gasteiger partial charge in [-0.1, -0.05) is 52.0 Å². The molecule has 6 nitrogen and oxygen atoms in total. The molecule has 0 saturated heterocycles. The Bertz CT molecular complexity index is 1380. The number of Topliss-reactive ketones (excluding diaryl/α,β-unsaturated/α-hetero) is 1. The Morgan fingerprint density at radius 3 is 2.46 bits per heavy atom. The first-order chi connectivity index (χ1) is 16.7. The lowest BCUT2D eigenvalue weighted by Crippen LogP contribution is -2.25. The minimum atomic E-state index is -0.720. The van der Waals surface area contributed by atoms with E-state index in [0.717, 1.165) is 16.6 Å². The summed E-state index contributed by atoms with van der Waals surface area (Å²) in [4.78, 5) is 30.5. The summed E-state index contributed by atoms with van der Waals surface area (Å²) in [6, 6.07) is 18.2. The molecule has 178 valence electrons. The third-order valence-electron chi connectivity index (χ3n) is 6.76. The lowest BCUT2D eigenvalue weighted by molar-refractivity contribution is -0.112. The molecule has 0 spiro atoms. The zero-order valence-electron chi connectivity index (χ0n) is 20.5. The van der Waals surface area contributed by atoms with Crippen LogP contribution >= 0.6 is 0 Å². The van der Waals surface area contributed by atoms with Crippen molar-refractivity contribution < 1.29 is 9.59 Å². The number of rotatable bonds is 8. The lowest BCUT2D eigenvalue weighted by atomic mass is 9.76. The van der Waals surface area contributed by atoms with Crippen LogP contribution in [0.5, 0.6) is 0 Å². The van der Waals surface area contributed by atoms with Gasteiger partial charge >= 0.3 is 0 Å². The first-order valence-electron chi connectivity index (χ1n) is 11.7. The molecule has 0 saturated carbocycles. The molecule has 0 unspecified atom stereocenters. The number of fused-ring (bicyclic) bond motifs is 1. The number of amides is 1. The molecule has 4 aromatic rings. The molecule has 1 amide bonds. The van der Waals surface area contributed by atoms with Crippen molar-refractivity contribution in [1.82, 2.24) is 9.38 Å². The molecule has 4 rings (SSSR count). The van der Waals surface area contributed by atoms with Crippen molar-refractivity contribution in [2.75, 3.05) is 5.32 Å². The van der Waals surface area contributed by atoms with Gasteiger partial charge in [0, 0.05) is 46.6 Å². The van der Waals surface area contributed by atoms with E-state index in [0.29, 0.717) is 35.0 Å². The zero-order chi connectivity index (χ0) is 25.2. The van der Waals surface area contributed by atoms with Gasteiger partial charge < -0.3 is 15.1 Å². The molecule has 0 bridgehead atoms. The first-order valence-corrected chi connectivity index (χ1v) is 11.7. The topological polar surface area (TPSA) is 87.3 Å². The predicted octanol–water partition coefficient (Wildman–Crippen LogP) is 6.26. The number of benzene rings is 1. The molecule has 1 aromatic carbocycles. The van der Waals surface area contributed by atoms with Crippen LogP contribution in [0.4, 0.5) is 5.69 Å². The minimum Gasteiger partial charge on any atom is -0.319 e. The first kappa shape index (κ1) is 24.1. The summed E-state index contributed by atoms with van der Waals surface area (Å²) in [5.74, 6) is -0.901. The highest BCUT2D eigenvalue weighted by Gasteiger charge is 2.26. The summed E-state index contributed by atoms with van der Waals surface area (Å²) < 4.78 is 1.73. The van der Waals surface area contributed by atoms with Gasteiger partial charge in [-0.25, -0.2) is 0 Å². The normalized spacial score (nSPS) is 11.6. The average Bonchev–Trinajstić information content (AvgIpc) is 3.23. The number of hydrogen-bond donors (Lipinski definition) is 2. The van der Waals surface area contributed by atoms with Gasteiger partial charge in [0.2, 0.25) is 0 Å². The van der Waals surface area contributed by atoms with Gasteiger partial charge in [0.05, 0.1) is 0 Å². The Kier molecular flexibility index (Phi) is 6.65. The molecular formula is C29H30N4O2. The monoisotopic (exact) mass is 466 g/mol. The van der Waals surface area contributed by atoms with Crippen molar-refractivity contribution in [2.45, 2.75) is 34.1 Å². The number of nitrogens with one attached hydrogen (secondary N) is 2. The maximum atomic E-state index is 13.3. The SMILES string of the molecule is CC(C)C(C)(C)CC(=N)c1ccc(NC(=O)C(=O)c2c(-c3cccnc3)cc3ccccn23)cc1. The van der Waals surface area contributed by atoms with Gasteiger partial charge in [-0.2, -0.15) is 0 Å². The Morgan fingerprint density at radius 1 is 1.06 bits per heavy atom. The van der Waals surface area contributed by atoms with Crippen molar-refractivity contribution in [1.29, 1.82) is 5.41 Å². The summed E-state index contributed by atoms with van der Waals surface area (Å²) in [6.45, 7) is 8.66. The van der Waals surface area contributed by atoms with Gasteiger partial charge in [-0.3, -0.25) is 14.6 Å². The molecular weight excluding hydrogens is 436 g/mol. The number of ketones is 1. The Labute approximate surface area is 205 Å². The Balaban J connectivity index is 1.56. The fourth-order valence-electron chi connectivity index (χ4n) is 3.91. The molecule has 3 heterocycles. The van der Waals surface area contributed by atoms with Gasteiger partial charge in [0.1, 0.15) is 5.69 Å². The quantitative estimate of drug-likeness (QED) is 0.182. The van der Waals surface area contributed by atoms with Gasteiger partial charge in [0.15, 0.2) is 0 Å². The van der Waals surface area contributed by atoms with E-state index in [9.17, 15) is 9.59 Å². The number of nitrogens with zero attached hydrogens (tertiary/aromatic N) is 2. The van der Waals surface area contributed by atoms with Crippen molar-refractivity contribution in [3.63, 3.8) is 0 Å². The fourth-order valence-corrected chi connectivity index (χ4v) is 3.91. The van der Waals surface area contributed by atoms with Crippen LogP contribution in [0.15, 0.2) is 79.3 Å². The molecule has 6 heteroatoms. The number of anilines is 1. The smallest absolute Gasteiger partial charge is 0.298 e. The maximum Gasteiger partial charge on any atom is 0.298 e. The fraction of sp³-hybridized carbons (Fsp3) is 0.241. The number of hydrogen-bond acceptors (Lipinski definition) is 4. The van der Waals surface area contributed by atoms with E-state index in [1.54, 1.807) is 41.2 Å². The van der Waals surface area contributed by atoms with E-state index >= 15 is 0 Å². The largest absolute Gasteiger partial charge is 0.319 e. The summed E-state index contributed by atoms with van der Waals surface area (Å²) in [5, 5.41) is 11.2. The van der Waals surface area contributed by atoms with Crippen LogP contribution < -0.4 is 5.32 Å². The summed E-state index contributed by atoms with van der Waals surface area (Å²) in [7, 11) is 0. The second kappa shape index (κ2) is 9.66. The Morgan fingerprint density at radius 2 is 1.80 bits per heavy atom. The molecule has 0 aliphatic heterocycles. The number of carbonyl (C=O) groups is 2. The number of pyridine rings is 2. The second-order valence-electron chi connectivity index (χ2n) is 9.80. The minimum absolute atomic E-state index is 0.0162. The van der Waals surface area contributed by atoms with E-state index in [1.807, 2.05) is 42.5 Å². The van der Waals surface area contributed by atoms with Crippen LogP contribution in [0.25, 0.3) is 16.6 Å². The number of aromatic nitrogens is 2. The lowest BCUT2D eigenvalue weighted by Gasteiger charge is -2.29. The highest BCUT2D eigenvalue weighted by Crippen LogP contribution is 2.32. The van der Waals surface area contributed by atoms with Crippen molar-refractivity contribution in [3.05, 3.63) is 90.5 Å². The summed E-state index contributed by atoms with van der Waals surface area (Å²) in [5.41, 5.74) is 4.41. The van der Waals surface area contributed by atoms with E-state index in [1.165, 1.54) is 0 Å². The van der Waals surface area contributed by atoms with Crippen LogP contribution in [0, 0.1) is 16.7 Å². The van der Waals surface area contributed by atoms with Crippen molar-refractivity contribution in [3.8, 4) is 11.1 Å². The predicted molar refractivity (Wildman–Crippen MR) is 140 cm³/mol. The average molecular weight is 467 g/mol. The summed E-state index contributed by atoms with van der Waals surface area (Å²) >= 11 is 0. The van der Waals surface area contributed by atoms with E-state index in [4.69, 9.17) is 5.41 Å². The molecule has 0 fully saturated rings. The molecule has 0 aliphatic rings. The van der Waals surface area contributed by atoms with Crippen LogP contribution in [-0.2, 0) is 4.79 Å². The van der Waals surface area contributed by atoms with E-state index < -0.39 is 11.7 Å². The molecule has 35 heavy (non-hydrogen) atoms. The van der Waals surface area contributed by atoms with Crippen molar-refractivity contribution in [2.24, 2.45) is 11.3 Å².